The molecule has 7 nitrogen and oxygen atoms in total. The van der Waals surface area contributed by atoms with E-state index < -0.39 is 30.3 Å². The van der Waals surface area contributed by atoms with E-state index in [0.717, 1.165) is 17.4 Å². The minimum Gasteiger partial charge on any atom is -0.462 e. The van der Waals surface area contributed by atoms with Crippen LogP contribution in [0.25, 0.3) is 0 Å². The van der Waals surface area contributed by atoms with E-state index in [1.807, 2.05) is 0 Å². The molecule has 1 amide bonds. The number of hydrogen-bond donors (Lipinski definition) is 2. The lowest BCUT2D eigenvalue weighted by Gasteiger charge is -2.09. The number of ether oxygens (including phenoxy) is 2. The molecule has 0 aliphatic heterocycles. The Morgan fingerprint density at radius 3 is 2.50 bits per heavy atom. The van der Waals surface area contributed by atoms with Gasteiger partial charge >= 0.3 is 11.9 Å². The zero-order valence-electron chi connectivity index (χ0n) is 14.1. The van der Waals surface area contributed by atoms with Crippen molar-refractivity contribution in [2.45, 2.75) is 13.5 Å². The Morgan fingerprint density at radius 2 is 1.88 bits per heavy atom. The van der Waals surface area contributed by atoms with Gasteiger partial charge in [-0.15, -0.1) is 11.3 Å². The Morgan fingerprint density at radius 1 is 1.19 bits per heavy atom. The van der Waals surface area contributed by atoms with Gasteiger partial charge in [-0.05, 0) is 19.1 Å². The lowest BCUT2D eigenvalue weighted by molar-refractivity contribution is 0.0445. The van der Waals surface area contributed by atoms with Gasteiger partial charge in [0.15, 0.2) is 0 Å². The summed E-state index contributed by atoms with van der Waals surface area (Å²) in [5.74, 6) is -2.88. The number of hydrogen-bond acceptors (Lipinski definition) is 7. The maximum atomic E-state index is 13.7. The number of halogens is 1. The monoisotopic (exact) mass is 380 g/mol. The number of carbonyl (C=O) groups excluding carboxylic acids is 3. The van der Waals surface area contributed by atoms with Crippen molar-refractivity contribution in [1.82, 2.24) is 5.32 Å². The van der Waals surface area contributed by atoms with Gasteiger partial charge in [-0.3, -0.25) is 4.79 Å². The van der Waals surface area contributed by atoms with Crippen molar-refractivity contribution in [3.05, 3.63) is 51.7 Å². The molecule has 26 heavy (non-hydrogen) atoms. The molecule has 0 fully saturated rings. The Hall–Kier alpha value is -2.94. The van der Waals surface area contributed by atoms with Gasteiger partial charge in [-0.25, -0.2) is 14.0 Å². The van der Waals surface area contributed by atoms with Crippen LogP contribution in [0.4, 0.5) is 9.39 Å². The van der Waals surface area contributed by atoms with Crippen LogP contribution in [0.1, 0.15) is 42.9 Å². The van der Waals surface area contributed by atoms with Crippen LogP contribution < -0.4 is 11.1 Å². The van der Waals surface area contributed by atoms with Crippen LogP contribution in [0.5, 0.6) is 0 Å². The van der Waals surface area contributed by atoms with Crippen molar-refractivity contribution >= 4 is 34.2 Å². The predicted molar refractivity (Wildman–Crippen MR) is 93.6 cm³/mol. The smallest absolute Gasteiger partial charge is 0.341 e. The highest BCUT2D eigenvalue weighted by atomic mass is 32.1. The van der Waals surface area contributed by atoms with Gasteiger partial charge in [-0.2, -0.15) is 0 Å². The van der Waals surface area contributed by atoms with E-state index in [9.17, 15) is 18.8 Å². The van der Waals surface area contributed by atoms with E-state index in [4.69, 9.17) is 15.2 Å². The number of carbonyl (C=O) groups is 3. The summed E-state index contributed by atoms with van der Waals surface area (Å²) in [4.78, 5) is 36.4. The Labute approximate surface area is 152 Å². The van der Waals surface area contributed by atoms with Crippen molar-refractivity contribution in [3.63, 3.8) is 0 Å². The molecule has 9 heteroatoms. The standard InChI is InChI=1S/C17H17FN2O5S/c1-3-24-17(23)12-10(13(15(21)20-2)26-14(12)19)8-25-16(22)9-6-4-5-7-11(9)18/h4-7H,3,8,19H2,1-2H3,(H,20,21). The second kappa shape index (κ2) is 8.43. The van der Waals surface area contributed by atoms with Crippen LogP contribution in [0.2, 0.25) is 0 Å². The Balaban J connectivity index is 2.34. The SMILES string of the molecule is CCOC(=O)c1c(N)sc(C(=O)NC)c1COC(=O)c1ccccc1F. The fourth-order valence-electron chi connectivity index (χ4n) is 2.19. The van der Waals surface area contributed by atoms with E-state index in [1.54, 1.807) is 6.92 Å². The summed E-state index contributed by atoms with van der Waals surface area (Å²) in [7, 11) is 1.41. The van der Waals surface area contributed by atoms with Gasteiger partial charge in [0.05, 0.1) is 12.2 Å². The Bertz CT molecular complexity index is 850. The van der Waals surface area contributed by atoms with Crippen LogP contribution in [-0.4, -0.2) is 31.5 Å². The van der Waals surface area contributed by atoms with E-state index in [1.165, 1.54) is 25.2 Å². The topological polar surface area (TPSA) is 108 Å². The second-order valence-electron chi connectivity index (χ2n) is 5.00. The normalized spacial score (nSPS) is 10.3. The summed E-state index contributed by atoms with van der Waals surface area (Å²) in [6.45, 7) is 1.30. The lowest BCUT2D eigenvalue weighted by atomic mass is 10.1. The van der Waals surface area contributed by atoms with Crippen LogP contribution >= 0.6 is 11.3 Å². The van der Waals surface area contributed by atoms with Gasteiger partial charge in [0, 0.05) is 12.6 Å². The number of nitrogens with one attached hydrogen (secondary N) is 1. The first-order chi connectivity index (χ1) is 12.4. The average molecular weight is 380 g/mol. The molecule has 1 aromatic heterocycles. The van der Waals surface area contributed by atoms with Crippen molar-refractivity contribution in [2.24, 2.45) is 0 Å². The van der Waals surface area contributed by atoms with Gasteiger partial charge in [0.2, 0.25) is 0 Å². The molecule has 0 aliphatic carbocycles. The van der Waals surface area contributed by atoms with Gasteiger partial charge in [0.1, 0.15) is 27.9 Å². The number of nitrogen functional groups attached to an aromatic ring is 1. The number of anilines is 1. The molecular formula is C17H17FN2O5S. The molecule has 0 radical (unpaired) electrons. The fourth-order valence-corrected chi connectivity index (χ4v) is 3.20. The van der Waals surface area contributed by atoms with E-state index in [-0.39, 0.29) is 33.2 Å². The predicted octanol–water partition coefficient (Wildman–Crippen LogP) is 2.36. The van der Waals surface area contributed by atoms with Crippen LogP contribution in [0.15, 0.2) is 24.3 Å². The molecule has 0 saturated heterocycles. The molecule has 1 aromatic carbocycles. The molecule has 0 saturated carbocycles. The summed E-state index contributed by atoms with van der Waals surface area (Å²) in [5.41, 5.74) is 5.68. The molecule has 0 bridgehead atoms. The zero-order chi connectivity index (χ0) is 19.3. The average Bonchev–Trinajstić information content (AvgIpc) is 2.96. The number of benzene rings is 1. The quantitative estimate of drug-likeness (QED) is 0.745. The number of esters is 2. The number of thiophene rings is 1. The Kier molecular flexibility index (Phi) is 6.29. The van der Waals surface area contributed by atoms with Crippen LogP contribution in [-0.2, 0) is 16.1 Å². The molecule has 3 N–H and O–H groups in total. The highest BCUT2D eigenvalue weighted by molar-refractivity contribution is 7.18. The summed E-state index contributed by atoms with van der Waals surface area (Å²) in [5, 5.41) is 2.49. The minimum absolute atomic E-state index is 0.0308. The molecule has 1 heterocycles. The first-order valence-corrected chi connectivity index (χ1v) is 8.44. The molecule has 0 aliphatic rings. The van der Waals surface area contributed by atoms with E-state index in [0.29, 0.717) is 0 Å². The first kappa shape index (κ1) is 19.4. The third-order valence-electron chi connectivity index (χ3n) is 3.39. The number of nitrogens with two attached hydrogens (primary N) is 1. The lowest BCUT2D eigenvalue weighted by Crippen LogP contribution is -2.20. The summed E-state index contributed by atoms with van der Waals surface area (Å²) >= 11 is 0.878. The van der Waals surface area contributed by atoms with E-state index >= 15 is 0 Å². The zero-order valence-corrected chi connectivity index (χ0v) is 14.9. The van der Waals surface area contributed by atoms with Crippen molar-refractivity contribution in [1.29, 1.82) is 0 Å². The molecule has 0 unspecified atom stereocenters. The maximum absolute atomic E-state index is 13.7. The van der Waals surface area contributed by atoms with Crippen LogP contribution in [0.3, 0.4) is 0 Å². The van der Waals surface area contributed by atoms with Gasteiger partial charge in [0.25, 0.3) is 5.91 Å². The number of amides is 1. The molecule has 0 atom stereocenters. The minimum atomic E-state index is -0.925. The highest BCUT2D eigenvalue weighted by Crippen LogP contribution is 2.32. The van der Waals surface area contributed by atoms with E-state index in [2.05, 4.69) is 5.32 Å². The second-order valence-corrected chi connectivity index (χ2v) is 6.06. The molecule has 0 spiro atoms. The van der Waals surface area contributed by atoms with Crippen LogP contribution in [0, 0.1) is 5.82 Å². The van der Waals surface area contributed by atoms with Gasteiger partial charge < -0.3 is 20.5 Å². The number of rotatable bonds is 6. The van der Waals surface area contributed by atoms with Crippen molar-refractivity contribution < 1.29 is 28.2 Å². The summed E-state index contributed by atoms with van der Waals surface area (Å²) in [6, 6.07) is 5.32. The maximum Gasteiger partial charge on any atom is 0.341 e. The highest BCUT2D eigenvalue weighted by Gasteiger charge is 2.27. The molecular weight excluding hydrogens is 363 g/mol. The first-order valence-electron chi connectivity index (χ1n) is 7.62. The largest absolute Gasteiger partial charge is 0.462 e. The fraction of sp³-hybridized carbons (Fsp3) is 0.235. The third kappa shape index (κ3) is 3.99. The van der Waals surface area contributed by atoms with Crippen molar-refractivity contribution in [3.8, 4) is 0 Å². The van der Waals surface area contributed by atoms with Gasteiger partial charge in [-0.1, -0.05) is 12.1 Å². The summed E-state index contributed by atoms with van der Waals surface area (Å²) < 4.78 is 23.7. The molecule has 2 aromatic rings. The van der Waals surface area contributed by atoms with Crippen molar-refractivity contribution in [2.75, 3.05) is 19.4 Å². The molecule has 138 valence electrons. The molecule has 2 rings (SSSR count). The summed E-state index contributed by atoms with van der Waals surface area (Å²) in [6.07, 6.45) is 0. The third-order valence-corrected chi connectivity index (χ3v) is 4.45.